The van der Waals surface area contributed by atoms with E-state index in [0.717, 1.165) is 32.1 Å². The van der Waals surface area contributed by atoms with E-state index in [1.54, 1.807) is 6.08 Å². The molecule has 0 bridgehead atoms. The molecule has 2 rings (SSSR count). The van der Waals surface area contributed by atoms with Gasteiger partial charge in [0.25, 0.3) is 0 Å². The predicted octanol–water partition coefficient (Wildman–Crippen LogP) is 3.30. The van der Waals surface area contributed by atoms with E-state index in [2.05, 4.69) is 4.99 Å². The van der Waals surface area contributed by atoms with Crippen LogP contribution in [0.4, 0.5) is 0 Å². The zero-order valence-electron chi connectivity index (χ0n) is 10.4. The van der Waals surface area contributed by atoms with Crippen LogP contribution in [0.3, 0.4) is 0 Å². The van der Waals surface area contributed by atoms with Crippen molar-refractivity contribution in [1.29, 1.82) is 0 Å². The van der Waals surface area contributed by atoms with Crippen LogP contribution in [-0.4, -0.2) is 17.4 Å². The summed E-state index contributed by atoms with van der Waals surface area (Å²) in [4.78, 5) is 26.8. The SMILES string of the molecule is O=C=NC1(CC(=O)c2ccccc2)CCCCC1. The molecule has 0 saturated heterocycles. The molecule has 0 spiro atoms. The summed E-state index contributed by atoms with van der Waals surface area (Å²) in [6, 6.07) is 9.21. The molecule has 1 aromatic carbocycles. The lowest BCUT2D eigenvalue weighted by molar-refractivity contribution is 0.0936. The van der Waals surface area contributed by atoms with Gasteiger partial charge < -0.3 is 0 Å². The van der Waals surface area contributed by atoms with Crippen molar-refractivity contribution in [3.63, 3.8) is 0 Å². The Morgan fingerprint density at radius 1 is 1.17 bits per heavy atom. The fourth-order valence-electron chi connectivity index (χ4n) is 2.66. The lowest BCUT2D eigenvalue weighted by atomic mass is 9.78. The molecule has 0 heterocycles. The zero-order valence-corrected chi connectivity index (χ0v) is 10.4. The second-order valence-electron chi connectivity index (χ2n) is 4.95. The van der Waals surface area contributed by atoms with Gasteiger partial charge in [0.05, 0.1) is 5.54 Å². The Balaban J connectivity index is 2.14. The second kappa shape index (κ2) is 5.74. The van der Waals surface area contributed by atoms with Gasteiger partial charge in [-0.2, -0.15) is 4.99 Å². The monoisotopic (exact) mass is 243 g/mol. The first kappa shape index (κ1) is 12.7. The fourth-order valence-corrected chi connectivity index (χ4v) is 2.66. The Bertz CT molecular complexity index is 455. The maximum absolute atomic E-state index is 12.2. The highest BCUT2D eigenvalue weighted by atomic mass is 16.1. The zero-order chi connectivity index (χ0) is 12.8. The van der Waals surface area contributed by atoms with Crippen molar-refractivity contribution in [3.8, 4) is 0 Å². The van der Waals surface area contributed by atoms with Crippen molar-refractivity contribution < 1.29 is 9.59 Å². The molecule has 0 aromatic heterocycles. The van der Waals surface area contributed by atoms with Gasteiger partial charge in [0.15, 0.2) is 5.78 Å². The molecule has 0 radical (unpaired) electrons. The van der Waals surface area contributed by atoms with Crippen LogP contribution in [0.2, 0.25) is 0 Å². The van der Waals surface area contributed by atoms with Crippen molar-refractivity contribution in [2.45, 2.75) is 44.1 Å². The smallest absolute Gasteiger partial charge is 0.235 e. The molecule has 0 aliphatic heterocycles. The summed E-state index contributed by atoms with van der Waals surface area (Å²) in [5, 5.41) is 0. The summed E-state index contributed by atoms with van der Waals surface area (Å²) >= 11 is 0. The summed E-state index contributed by atoms with van der Waals surface area (Å²) < 4.78 is 0. The van der Waals surface area contributed by atoms with Crippen LogP contribution < -0.4 is 0 Å². The van der Waals surface area contributed by atoms with Crippen LogP contribution in [0.15, 0.2) is 35.3 Å². The Morgan fingerprint density at radius 2 is 1.83 bits per heavy atom. The molecule has 1 aliphatic rings. The van der Waals surface area contributed by atoms with Gasteiger partial charge in [-0.05, 0) is 12.8 Å². The highest BCUT2D eigenvalue weighted by Gasteiger charge is 2.34. The van der Waals surface area contributed by atoms with Gasteiger partial charge >= 0.3 is 0 Å². The van der Waals surface area contributed by atoms with E-state index in [-0.39, 0.29) is 5.78 Å². The number of hydrogen-bond donors (Lipinski definition) is 0. The van der Waals surface area contributed by atoms with Gasteiger partial charge in [-0.25, -0.2) is 4.79 Å². The largest absolute Gasteiger partial charge is 0.294 e. The first-order valence-corrected chi connectivity index (χ1v) is 6.43. The Hall–Kier alpha value is -1.73. The Kier molecular flexibility index (Phi) is 4.06. The van der Waals surface area contributed by atoms with Crippen LogP contribution in [-0.2, 0) is 4.79 Å². The summed E-state index contributed by atoms with van der Waals surface area (Å²) in [5.74, 6) is 0.0662. The highest BCUT2D eigenvalue weighted by molar-refractivity contribution is 5.96. The molecule has 3 heteroatoms. The Labute approximate surface area is 107 Å². The number of carbonyl (C=O) groups is 1. The second-order valence-corrected chi connectivity index (χ2v) is 4.95. The van der Waals surface area contributed by atoms with E-state index >= 15 is 0 Å². The molecular weight excluding hydrogens is 226 g/mol. The predicted molar refractivity (Wildman–Crippen MR) is 69.3 cm³/mol. The first-order chi connectivity index (χ1) is 8.76. The molecule has 1 fully saturated rings. The number of ketones is 1. The molecular formula is C15H17NO2. The van der Waals surface area contributed by atoms with E-state index in [9.17, 15) is 9.59 Å². The molecule has 0 atom stereocenters. The minimum absolute atomic E-state index is 0.0662. The number of nitrogens with zero attached hydrogens (tertiary/aromatic N) is 1. The highest BCUT2D eigenvalue weighted by Crippen LogP contribution is 2.35. The van der Waals surface area contributed by atoms with Gasteiger partial charge in [-0.3, -0.25) is 4.79 Å². The van der Waals surface area contributed by atoms with Crippen LogP contribution in [0.25, 0.3) is 0 Å². The van der Waals surface area contributed by atoms with E-state index < -0.39 is 5.54 Å². The number of isocyanates is 1. The topological polar surface area (TPSA) is 46.5 Å². The maximum Gasteiger partial charge on any atom is 0.235 e. The maximum atomic E-state index is 12.2. The number of rotatable bonds is 4. The molecule has 1 saturated carbocycles. The minimum Gasteiger partial charge on any atom is -0.294 e. The van der Waals surface area contributed by atoms with E-state index in [0.29, 0.717) is 12.0 Å². The third-order valence-corrected chi connectivity index (χ3v) is 3.65. The third-order valence-electron chi connectivity index (χ3n) is 3.65. The van der Waals surface area contributed by atoms with Gasteiger partial charge in [-0.1, -0.05) is 49.6 Å². The number of aliphatic imine (C=N–C) groups is 1. The summed E-state index contributed by atoms with van der Waals surface area (Å²) in [5.41, 5.74) is 0.205. The minimum atomic E-state index is -0.493. The standard InChI is InChI=1S/C15H17NO2/c17-12-16-15(9-5-2-6-10-15)11-14(18)13-7-3-1-4-8-13/h1,3-4,7-8H,2,5-6,9-11H2. The summed E-state index contributed by atoms with van der Waals surface area (Å²) in [6.45, 7) is 0. The lowest BCUT2D eigenvalue weighted by Gasteiger charge is -2.31. The summed E-state index contributed by atoms with van der Waals surface area (Å²) in [6.07, 6.45) is 6.86. The van der Waals surface area contributed by atoms with Crippen LogP contribution in [0, 0.1) is 0 Å². The average molecular weight is 243 g/mol. The van der Waals surface area contributed by atoms with Crippen molar-refractivity contribution >= 4 is 11.9 Å². The Morgan fingerprint density at radius 3 is 2.44 bits per heavy atom. The molecule has 0 N–H and O–H groups in total. The molecule has 0 unspecified atom stereocenters. The van der Waals surface area contributed by atoms with E-state index in [1.165, 1.54) is 0 Å². The van der Waals surface area contributed by atoms with Crippen LogP contribution >= 0.6 is 0 Å². The first-order valence-electron chi connectivity index (χ1n) is 6.43. The lowest BCUT2D eigenvalue weighted by Crippen LogP contribution is -2.32. The van der Waals surface area contributed by atoms with Gasteiger partial charge in [0.2, 0.25) is 6.08 Å². The van der Waals surface area contributed by atoms with Gasteiger partial charge in [0.1, 0.15) is 0 Å². The van der Waals surface area contributed by atoms with Crippen molar-refractivity contribution in [2.75, 3.05) is 0 Å². The molecule has 3 nitrogen and oxygen atoms in total. The van der Waals surface area contributed by atoms with Crippen molar-refractivity contribution in [1.82, 2.24) is 0 Å². The van der Waals surface area contributed by atoms with Crippen LogP contribution in [0.1, 0.15) is 48.9 Å². The molecule has 1 aromatic rings. The van der Waals surface area contributed by atoms with E-state index in [4.69, 9.17) is 0 Å². The number of carbonyl (C=O) groups excluding carboxylic acids is 2. The number of Topliss-reactive ketones (excluding diaryl/α,β-unsaturated/α-hetero) is 1. The van der Waals surface area contributed by atoms with E-state index in [1.807, 2.05) is 30.3 Å². The number of hydrogen-bond acceptors (Lipinski definition) is 3. The number of benzene rings is 1. The van der Waals surface area contributed by atoms with Crippen molar-refractivity contribution in [2.24, 2.45) is 4.99 Å². The fraction of sp³-hybridized carbons (Fsp3) is 0.467. The molecule has 0 amide bonds. The quantitative estimate of drug-likeness (QED) is 0.462. The third kappa shape index (κ3) is 2.93. The average Bonchev–Trinajstić information content (AvgIpc) is 2.41. The van der Waals surface area contributed by atoms with Gasteiger partial charge in [-0.15, -0.1) is 0 Å². The van der Waals surface area contributed by atoms with Gasteiger partial charge in [0, 0.05) is 12.0 Å². The molecule has 94 valence electrons. The van der Waals surface area contributed by atoms with Crippen molar-refractivity contribution in [3.05, 3.63) is 35.9 Å². The molecule has 1 aliphatic carbocycles. The van der Waals surface area contributed by atoms with Crippen LogP contribution in [0.5, 0.6) is 0 Å². The summed E-state index contributed by atoms with van der Waals surface area (Å²) in [7, 11) is 0. The normalized spacial score (nSPS) is 17.8. The molecule has 18 heavy (non-hydrogen) atoms.